The molecule has 0 radical (unpaired) electrons. The van der Waals surface area contributed by atoms with Crippen LogP contribution in [0.25, 0.3) is 0 Å². The highest BCUT2D eigenvalue weighted by Crippen LogP contribution is 2.42. The van der Waals surface area contributed by atoms with Gasteiger partial charge < -0.3 is 25.4 Å². The van der Waals surface area contributed by atoms with Crippen LogP contribution in [-0.4, -0.2) is 47.0 Å². The SMILES string of the molecule is CC1C(CN2CCC(O)C2)OC(c2cccc(N)c2)OC1c1ccc(CO)cc1. The maximum absolute atomic E-state index is 9.89. The molecule has 0 aliphatic carbocycles. The number of hydrogen-bond acceptors (Lipinski definition) is 6. The molecular formula is C23H30N2O4. The van der Waals surface area contributed by atoms with E-state index < -0.39 is 6.29 Å². The molecule has 5 atom stereocenters. The number of β-amino-alcohol motifs (C(OH)–C–C–N with tert-alkyl or cyclic N) is 1. The molecule has 0 amide bonds. The molecule has 2 aliphatic rings. The second-order valence-electron chi connectivity index (χ2n) is 8.19. The van der Waals surface area contributed by atoms with Crippen LogP contribution in [0.2, 0.25) is 0 Å². The number of anilines is 1. The molecule has 0 bridgehead atoms. The molecule has 6 nitrogen and oxygen atoms in total. The molecular weight excluding hydrogens is 368 g/mol. The van der Waals surface area contributed by atoms with E-state index in [0.717, 1.165) is 36.2 Å². The summed E-state index contributed by atoms with van der Waals surface area (Å²) in [6.45, 7) is 4.50. The monoisotopic (exact) mass is 398 g/mol. The van der Waals surface area contributed by atoms with Crippen LogP contribution in [0.15, 0.2) is 48.5 Å². The minimum Gasteiger partial charge on any atom is -0.399 e. The standard InChI is InChI=1S/C23H30N2O4/c1-15-21(13-25-10-9-20(27)12-25)28-23(18-3-2-4-19(24)11-18)29-22(15)17-7-5-16(14-26)6-8-17/h2-8,11,15,20-23,26-27H,9-10,12-14,24H2,1H3. The lowest BCUT2D eigenvalue weighted by Gasteiger charge is -2.42. The van der Waals surface area contributed by atoms with Crippen molar-refractivity contribution in [2.45, 2.75) is 44.6 Å². The highest BCUT2D eigenvalue weighted by molar-refractivity contribution is 5.41. The van der Waals surface area contributed by atoms with Gasteiger partial charge in [0.2, 0.25) is 0 Å². The number of benzene rings is 2. The number of nitrogens with zero attached hydrogens (tertiary/aromatic N) is 1. The Bertz CT molecular complexity index is 813. The normalized spacial score (nSPS) is 30.5. The van der Waals surface area contributed by atoms with Crippen LogP contribution in [0.4, 0.5) is 5.69 Å². The van der Waals surface area contributed by atoms with Crippen molar-refractivity contribution >= 4 is 5.69 Å². The van der Waals surface area contributed by atoms with Crippen molar-refractivity contribution in [3.8, 4) is 0 Å². The predicted octanol–water partition coefficient (Wildman–Crippen LogP) is 2.62. The van der Waals surface area contributed by atoms with Gasteiger partial charge >= 0.3 is 0 Å². The molecule has 5 unspecified atom stereocenters. The first kappa shape index (κ1) is 20.3. The Morgan fingerprint density at radius 1 is 1.10 bits per heavy atom. The molecule has 4 rings (SSSR count). The fourth-order valence-corrected chi connectivity index (χ4v) is 4.27. The first-order valence-electron chi connectivity index (χ1n) is 10.3. The topological polar surface area (TPSA) is 88.2 Å². The highest BCUT2D eigenvalue weighted by atomic mass is 16.7. The first-order valence-corrected chi connectivity index (χ1v) is 10.3. The smallest absolute Gasteiger partial charge is 0.185 e. The number of likely N-dealkylation sites (tertiary alicyclic amines) is 1. The van der Waals surface area contributed by atoms with Crippen LogP contribution < -0.4 is 5.73 Å². The Balaban J connectivity index is 1.59. The molecule has 2 aliphatic heterocycles. The zero-order valence-electron chi connectivity index (χ0n) is 16.8. The van der Waals surface area contributed by atoms with Gasteiger partial charge in [0.25, 0.3) is 0 Å². The average molecular weight is 399 g/mol. The Morgan fingerprint density at radius 3 is 2.55 bits per heavy atom. The third kappa shape index (κ3) is 4.63. The van der Waals surface area contributed by atoms with Gasteiger partial charge in [0, 0.05) is 36.8 Å². The molecule has 2 aromatic carbocycles. The quantitative estimate of drug-likeness (QED) is 0.671. The Hall–Kier alpha value is -1.96. The van der Waals surface area contributed by atoms with Gasteiger partial charge in [-0.05, 0) is 29.7 Å². The zero-order chi connectivity index (χ0) is 20.4. The van der Waals surface area contributed by atoms with E-state index in [-0.39, 0.29) is 30.8 Å². The molecule has 2 saturated heterocycles. The molecule has 29 heavy (non-hydrogen) atoms. The first-order chi connectivity index (χ1) is 14.0. The predicted molar refractivity (Wildman–Crippen MR) is 111 cm³/mol. The van der Waals surface area contributed by atoms with Crippen LogP contribution in [0.3, 0.4) is 0 Å². The number of hydrogen-bond donors (Lipinski definition) is 3. The molecule has 6 heteroatoms. The van der Waals surface area contributed by atoms with Crippen molar-refractivity contribution in [3.63, 3.8) is 0 Å². The molecule has 0 spiro atoms. The van der Waals surface area contributed by atoms with Crippen molar-refractivity contribution in [2.24, 2.45) is 5.92 Å². The lowest BCUT2D eigenvalue weighted by Crippen LogP contribution is -2.44. The maximum atomic E-state index is 9.89. The van der Waals surface area contributed by atoms with Gasteiger partial charge in [-0.1, -0.05) is 43.3 Å². The summed E-state index contributed by atoms with van der Waals surface area (Å²) in [5.41, 5.74) is 9.51. The molecule has 0 saturated carbocycles. The lowest BCUT2D eigenvalue weighted by atomic mass is 9.90. The number of aliphatic hydroxyl groups is 2. The van der Waals surface area contributed by atoms with Gasteiger partial charge in [0.15, 0.2) is 6.29 Å². The van der Waals surface area contributed by atoms with Gasteiger partial charge in [-0.2, -0.15) is 0 Å². The van der Waals surface area contributed by atoms with Gasteiger partial charge in [-0.3, -0.25) is 4.90 Å². The summed E-state index contributed by atoms with van der Waals surface area (Å²) in [6, 6.07) is 15.5. The van der Waals surface area contributed by atoms with Crippen LogP contribution in [0.5, 0.6) is 0 Å². The molecule has 156 valence electrons. The van der Waals surface area contributed by atoms with Gasteiger partial charge in [-0.15, -0.1) is 0 Å². The molecule has 2 heterocycles. The Labute approximate surface area is 171 Å². The number of nitrogen functional groups attached to an aromatic ring is 1. The second-order valence-corrected chi connectivity index (χ2v) is 8.19. The van der Waals surface area contributed by atoms with Crippen molar-refractivity contribution < 1.29 is 19.7 Å². The van der Waals surface area contributed by atoms with Gasteiger partial charge in [0.05, 0.1) is 24.9 Å². The molecule has 4 N–H and O–H groups in total. The third-order valence-electron chi connectivity index (χ3n) is 5.99. The highest BCUT2D eigenvalue weighted by Gasteiger charge is 2.39. The molecule has 2 fully saturated rings. The number of nitrogens with two attached hydrogens (primary N) is 1. The van der Waals surface area contributed by atoms with Gasteiger partial charge in [-0.25, -0.2) is 0 Å². The van der Waals surface area contributed by atoms with Crippen molar-refractivity contribution in [2.75, 3.05) is 25.4 Å². The Morgan fingerprint density at radius 2 is 1.90 bits per heavy atom. The van der Waals surface area contributed by atoms with E-state index in [2.05, 4.69) is 11.8 Å². The summed E-state index contributed by atoms with van der Waals surface area (Å²) >= 11 is 0. The van der Waals surface area contributed by atoms with Crippen LogP contribution >= 0.6 is 0 Å². The summed E-state index contributed by atoms with van der Waals surface area (Å²) in [6.07, 6.45) is -0.127. The van der Waals surface area contributed by atoms with E-state index in [9.17, 15) is 10.2 Å². The molecule has 0 aromatic heterocycles. The van der Waals surface area contributed by atoms with E-state index in [1.807, 2.05) is 48.5 Å². The number of ether oxygens (including phenoxy) is 2. The van der Waals surface area contributed by atoms with E-state index in [1.54, 1.807) is 0 Å². The fourth-order valence-electron chi connectivity index (χ4n) is 4.27. The largest absolute Gasteiger partial charge is 0.399 e. The van der Waals surface area contributed by atoms with Gasteiger partial charge in [0.1, 0.15) is 0 Å². The van der Waals surface area contributed by atoms with Crippen molar-refractivity contribution in [3.05, 3.63) is 65.2 Å². The van der Waals surface area contributed by atoms with Crippen LogP contribution in [-0.2, 0) is 16.1 Å². The second kappa shape index (κ2) is 8.81. The van der Waals surface area contributed by atoms with Crippen molar-refractivity contribution in [1.29, 1.82) is 0 Å². The van der Waals surface area contributed by atoms with Crippen LogP contribution in [0, 0.1) is 5.92 Å². The minimum atomic E-state index is -0.505. The average Bonchev–Trinajstić information content (AvgIpc) is 3.14. The third-order valence-corrected chi connectivity index (χ3v) is 5.99. The number of aliphatic hydroxyl groups excluding tert-OH is 2. The van der Waals surface area contributed by atoms with E-state index >= 15 is 0 Å². The molecule has 2 aromatic rings. The number of rotatable bonds is 5. The summed E-state index contributed by atoms with van der Waals surface area (Å²) in [7, 11) is 0. The van der Waals surface area contributed by atoms with Crippen molar-refractivity contribution in [1.82, 2.24) is 4.90 Å². The van der Waals surface area contributed by atoms with E-state index in [1.165, 1.54) is 0 Å². The van der Waals surface area contributed by atoms with E-state index in [4.69, 9.17) is 15.2 Å². The minimum absolute atomic E-state index is 0.0241. The summed E-state index contributed by atoms with van der Waals surface area (Å²) in [5.74, 6) is 0.130. The fraction of sp³-hybridized carbons (Fsp3) is 0.478. The summed E-state index contributed by atoms with van der Waals surface area (Å²) in [5, 5.41) is 19.2. The zero-order valence-corrected chi connectivity index (χ0v) is 16.8. The van der Waals surface area contributed by atoms with Crippen LogP contribution in [0.1, 0.15) is 42.4 Å². The lowest BCUT2D eigenvalue weighted by molar-refractivity contribution is -0.276. The summed E-state index contributed by atoms with van der Waals surface area (Å²) in [4.78, 5) is 2.26. The van der Waals surface area contributed by atoms with E-state index in [0.29, 0.717) is 12.2 Å². The Kier molecular flexibility index (Phi) is 6.18. The summed E-state index contributed by atoms with van der Waals surface area (Å²) < 4.78 is 12.8. The maximum Gasteiger partial charge on any atom is 0.185 e.